The van der Waals surface area contributed by atoms with Crippen LogP contribution in [0.15, 0.2) is 42.5 Å². The van der Waals surface area contributed by atoms with Gasteiger partial charge in [-0.05, 0) is 44.9 Å². The van der Waals surface area contributed by atoms with E-state index < -0.39 is 28.5 Å². The molecule has 0 aliphatic rings. The molecule has 0 spiro atoms. The summed E-state index contributed by atoms with van der Waals surface area (Å²) in [5, 5.41) is 3.08. The number of hydrogen-bond donors (Lipinski definition) is 1. The van der Waals surface area contributed by atoms with Gasteiger partial charge in [-0.15, -0.1) is 0 Å². The van der Waals surface area contributed by atoms with E-state index in [0.717, 1.165) is 28.1 Å². The van der Waals surface area contributed by atoms with Gasteiger partial charge in [0.15, 0.2) is 0 Å². The van der Waals surface area contributed by atoms with Crippen molar-refractivity contribution in [2.75, 3.05) is 17.1 Å². The number of hydrogen-bond acceptors (Lipinski definition) is 4. The number of sulfonamides is 1. The molecule has 10 heteroatoms. The van der Waals surface area contributed by atoms with Crippen LogP contribution in [0.1, 0.15) is 38.3 Å². The predicted octanol–water partition coefficient (Wildman–Crippen LogP) is 4.40. The summed E-state index contributed by atoms with van der Waals surface area (Å²) in [4.78, 5) is 27.8. The van der Waals surface area contributed by atoms with Gasteiger partial charge in [-0.1, -0.05) is 66.0 Å². The molecule has 7 nitrogen and oxygen atoms in total. The van der Waals surface area contributed by atoms with Crippen LogP contribution in [-0.2, 0) is 26.2 Å². The van der Waals surface area contributed by atoms with Crippen molar-refractivity contribution in [3.8, 4) is 0 Å². The highest BCUT2D eigenvalue weighted by atomic mass is 35.5. The van der Waals surface area contributed by atoms with Gasteiger partial charge in [0.25, 0.3) is 0 Å². The number of nitrogens with zero attached hydrogens (tertiary/aromatic N) is 2. The number of carbonyl (C=O) groups is 2. The zero-order chi connectivity index (χ0) is 25.6. The quantitative estimate of drug-likeness (QED) is 0.495. The van der Waals surface area contributed by atoms with Crippen molar-refractivity contribution in [3.05, 3.63) is 63.6 Å². The Labute approximate surface area is 212 Å². The first-order valence-corrected chi connectivity index (χ1v) is 13.5. The molecule has 0 bridgehead atoms. The first-order valence-electron chi connectivity index (χ1n) is 10.9. The Hall–Kier alpha value is -2.29. The first-order chi connectivity index (χ1) is 15.8. The molecule has 0 unspecified atom stereocenters. The Bertz CT molecular complexity index is 1120. The fourth-order valence-corrected chi connectivity index (χ4v) is 4.52. The van der Waals surface area contributed by atoms with E-state index in [4.69, 9.17) is 23.2 Å². The van der Waals surface area contributed by atoms with E-state index in [1.54, 1.807) is 13.0 Å². The maximum atomic E-state index is 13.5. The molecule has 0 aromatic heterocycles. The van der Waals surface area contributed by atoms with Crippen LogP contribution < -0.4 is 9.62 Å². The van der Waals surface area contributed by atoms with Crippen molar-refractivity contribution >= 4 is 50.7 Å². The molecule has 0 aliphatic carbocycles. The second kappa shape index (κ2) is 11.9. The number of amides is 2. The number of anilines is 1. The third-order valence-corrected chi connectivity index (χ3v) is 7.46. The summed E-state index contributed by atoms with van der Waals surface area (Å²) in [6.45, 7) is 7.00. The van der Waals surface area contributed by atoms with E-state index >= 15 is 0 Å². The number of rotatable bonds is 10. The van der Waals surface area contributed by atoms with Crippen molar-refractivity contribution in [2.45, 2.75) is 52.7 Å². The summed E-state index contributed by atoms with van der Waals surface area (Å²) in [5.74, 6) is -0.865. The molecule has 2 atom stereocenters. The molecular formula is C24H31Cl2N3O4S. The van der Waals surface area contributed by atoms with Gasteiger partial charge in [0.1, 0.15) is 12.6 Å². The normalized spacial score (nSPS) is 13.1. The van der Waals surface area contributed by atoms with E-state index in [9.17, 15) is 18.0 Å². The van der Waals surface area contributed by atoms with Crippen LogP contribution in [0.4, 0.5) is 5.69 Å². The smallest absolute Gasteiger partial charge is 0.244 e. The number of nitrogens with one attached hydrogen (secondary N) is 1. The standard InChI is InChI=1S/C24H31Cl2N3O4S/c1-6-17(3)27-24(31)18(4)28(14-19-12-10-16(2)11-13-19)22(30)15-29(34(5,32)33)21-9-7-8-20(25)23(21)26/h7-13,17-18H,6,14-15H2,1-5H3,(H,27,31)/t17-,18+/m0/s1. The van der Waals surface area contributed by atoms with Gasteiger partial charge in [0.2, 0.25) is 21.8 Å². The van der Waals surface area contributed by atoms with Crippen molar-refractivity contribution in [3.63, 3.8) is 0 Å². The minimum absolute atomic E-state index is 0.0232. The fourth-order valence-electron chi connectivity index (χ4n) is 3.22. The molecular weight excluding hydrogens is 497 g/mol. The number of carbonyl (C=O) groups excluding carboxylic acids is 2. The molecule has 0 heterocycles. The maximum absolute atomic E-state index is 13.5. The van der Waals surface area contributed by atoms with Crippen LogP contribution in [0, 0.1) is 6.92 Å². The van der Waals surface area contributed by atoms with Crippen molar-refractivity contribution in [2.24, 2.45) is 0 Å². The molecule has 0 fully saturated rings. The Kier molecular flexibility index (Phi) is 9.79. The Morgan fingerprint density at radius 2 is 1.68 bits per heavy atom. The lowest BCUT2D eigenvalue weighted by atomic mass is 10.1. The van der Waals surface area contributed by atoms with Crippen molar-refractivity contribution < 1.29 is 18.0 Å². The highest BCUT2D eigenvalue weighted by molar-refractivity contribution is 7.92. The van der Waals surface area contributed by atoms with E-state index in [1.165, 1.54) is 17.0 Å². The van der Waals surface area contributed by atoms with Gasteiger partial charge in [-0.3, -0.25) is 13.9 Å². The van der Waals surface area contributed by atoms with Gasteiger partial charge >= 0.3 is 0 Å². The molecule has 2 aromatic rings. The number of benzene rings is 2. The van der Waals surface area contributed by atoms with Crippen LogP contribution in [0.5, 0.6) is 0 Å². The average Bonchev–Trinajstić information content (AvgIpc) is 2.77. The summed E-state index contributed by atoms with van der Waals surface area (Å²) in [7, 11) is -3.89. The monoisotopic (exact) mass is 527 g/mol. The third-order valence-electron chi connectivity index (χ3n) is 5.52. The average molecular weight is 529 g/mol. The zero-order valence-electron chi connectivity index (χ0n) is 20.0. The fraction of sp³-hybridized carbons (Fsp3) is 0.417. The Morgan fingerprint density at radius 3 is 2.24 bits per heavy atom. The van der Waals surface area contributed by atoms with E-state index in [2.05, 4.69) is 5.32 Å². The molecule has 0 saturated heterocycles. The maximum Gasteiger partial charge on any atom is 0.244 e. The van der Waals surface area contributed by atoms with Crippen molar-refractivity contribution in [1.29, 1.82) is 0 Å². The first kappa shape index (κ1) is 28.0. The second-order valence-electron chi connectivity index (χ2n) is 8.34. The summed E-state index contributed by atoms with van der Waals surface area (Å²) in [6, 6.07) is 11.2. The summed E-state index contributed by atoms with van der Waals surface area (Å²) < 4.78 is 26.1. The highest BCUT2D eigenvalue weighted by Gasteiger charge is 2.31. The SMILES string of the molecule is CC[C@H](C)NC(=O)[C@@H](C)N(Cc1ccc(C)cc1)C(=O)CN(c1cccc(Cl)c1Cl)S(C)(=O)=O. The van der Waals surface area contributed by atoms with Crippen LogP contribution in [0.25, 0.3) is 0 Å². The molecule has 0 radical (unpaired) electrons. The Morgan fingerprint density at radius 1 is 1.06 bits per heavy atom. The summed E-state index contributed by atoms with van der Waals surface area (Å²) >= 11 is 12.3. The van der Waals surface area contributed by atoms with Crippen LogP contribution >= 0.6 is 23.2 Å². The van der Waals surface area contributed by atoms with Gasteiger partial charge in [0, 0.05) is 12.6 Å². The lowest BCUT2D eigenvalue weighted by Gasteiger charge is -2.32. The predicted molar refractivity (Wildman–Crippen MR) is 138 cm³/mol. The van der Waals surface area contributed by atoms with E-state index in [-0.39, 0.29) is 34.2 Å². The van der Waals surface area contributed by atoms with Crippen LogP contribution in [-0.4, -0.2) is 50.0 Å². The molecule has 2 rings (SSSR count). The number of halogens is 2. The van der Waals surface area contributed by atoms with E-state index in [0.29, 0.717) is 0 Å². The second-order valence-corrected chi connectivity index (χ2v) is 11.0. The van der Waals surface area contributed by atoms with Gasteiger partial charge in [-0.2, -0.15) is 0 Å². The lowest BCUT2D eigenvalue weighted by Crippen LogP contribution is -2.52. The molecule has 1 N–H and O–H groups in total. The minimum Gasteiger partial charge on any atom is -0.352 e. The Balaban J connectivity index is 2.42. The van der Waals surface area contributed by atoms with Gasteiger partial charge in [-0.25, -0.2) is 8.42 Å². The largest absolute Gasteiger partial charge is 0.352 e. The summed E-state index contributed by atoms with van der Waals surface area (Å²) in [5.41, 5.74) is 1.97. The lowest BCUT2D eigenvalue weighted by molar-refractivity contribution is -0.139. The van der Waals surface area contributed by atoms with E-state index in [1.807, 2.05) is 45.0 Å². The van der Waals surface area contributed by atoms with Gasteiger partial charge in [0.05, 0.1) is 22.0 Å². The molecule has 2 amide bonds. The molecule has 0 aliphatic heterocycles. The number of aryl methyl sites for hydroxylation is 1. The molecule has 2 aromatic carbocycles. The highest BCUT2D eigenvalue weighted by Crippen LogP contribution is 2.33. The summed E-state index contributed by atoms with van der Waals surface area (Å²) in [6.07, 6.45) is 1.72. The molecule has 186 valence electrons. The molecule has 0 saturated carbocycles. The van der Waals surface area contributed by atoms with Gasteiger partial charge < -0.3 is 10.2 Å². The van der Waals surface area contributed by atoms with Crippen LogP contribution in [0.2, 0.25) is 10.0 Å². The molecule has 34 heavy (non-hydrogen) atoms. The topological polar surface area (TPSA) is 86.8 Å². The third kappa shape index (κ3) is 7.35. The van der Waals surface area contributed by atoms with Crippen LogP contribution in [0.3, 0.4) is 0 Å². The van der Waals surface area contributed by atoms with Crippen molar-refractivity contribution in [1.82, 2.24) is 10.2 Å². The minimum atomic E-state index is -3.89. The zero-order valence-corrected chi connectivity index (χ0v) is 22.3.